The fraction of sp³-hybridized carbons (Fsp3) is 0.833. The van der Waals surface area contributed by atoms with Crippen LogP contribution < -0.4 is 5.32 Å². The minimum atomic E-state index is -3.32. The summed E-state index contributed by atoms with van der Waals surface area (Å²) in [5.74, 6) is -0.788. The average molecular weight is 336 g/mol. The molecule has 2 N–H and O–H groups in total. The van der Waals surface area contributed by atoms with Crippen molar-refractivity contribution < 1.29 is 23.1 Å². The smallest absolute Gasteiger partial charge is 0.330 e. The number of carbonyl (C=O) groups is 2. The quantitative estimate of drug-likeness (QED) is 0.733. The summed E-state index contributed by atoms with van der Waals surface area (Å²) in [6.07, 6.45) is 2.72. The summed E-state index contributed by atoms with van der Waals surface area (Å²) in [5, 5.41) is 12.0. The van der Waals surface area contributed by atoms with Crippen LogP contribution in [0, 0.1) is 5.92 Å². The van der Waals surface area contributed by atoms with Crippen molar-refractivity contribution in [2.24, 2.45) is 5.92 Å². The van der Waals surface area contributed by atoms with Crippen molar-refractivity contribution in [2.75, 3.05) is 30.9 Å². The largest absolute Gasteiger partial charge is 0.479 e. The molecule has 21 heavy (non-hydrogen) atoms. The molecule has 2 unspecified atom stereocenters. The Hall–Kier alpha value is -0.800. The molecule has 0 aromatic carbocycles. The summed E-state index contributed by atoms with van der Waals surface area (Å²) in [7, 11) is -3.32. The third-order valence-electron chi connectivity index (χ3n) is 4.02. The van der Waals surface area contributed by atoms with Gasteiger partial charge in [-0.2, -0.15) is 11.8 Å². The molecule has 120 valence electrons. The predicted molar refractivity (Wildman–Crippen MR) is 79.6 cm³/mol. The summed E-state index contributed by atoms with van der Waals surface area (Å²) in [4.78, 5) is 23.8. The molecule has 0 radical (unpaired) electrons. The van der Waals surface area contributed by atoms with Gasteiger partial charge in [0.25, 0.3) is 0 Å². The Morgan fingerprint density at radius 1 is 1.43 bits per heavy atom. The monoisotopic (exact) mass is 336 g/mol. The highest BCUT2D eigenvalue weighted by molar-refractivity contribution is 7.99. The Bertz CT molecular complexity index is 528. The van der Waals surface area contributed by atoms with E-state index in [1.165, 1.54) is 16.1 Å². The highest BCUT2D eigenvalue weighted by Gasteiger charge is 2.44. The van der Waals surface area contributed by atoms with E-state index in [0.29, 0.717) is 37.3 Å². The van der Waals surface area contributed by atoms with Gasteiger partial charge in [-0.3, -0.25) is 4.79 Å². The Kier molecular flexibility index (Phi) is 4.84. The van der Waals surface area contributed by atoms with Crippen LogP contribution in [0.5, 0.6) is 0 Å². The van der Waals surface area contributed by atoms with Crippen molar-refractivity contribution in [3.63, 3.8) is 0 Å². The molecule has 0 spiro atoms. The SMILES string of the molecule is CS(=O)(=O)N1CCCC(C(=O)NC2(C(=O)O)CCSC2)C1. The zero-order chi connectivity index (χ0) is 15.7. The van der Waals surface area contributed by atoms with Crippen molar-refractivity contribution in [1.82, 2.24) is 9.62 Å². The zero-order valence-corrected chi connectivity index (χ0v) is 13.5. The van der Waals surface area contributed by atoms with Gasteiger partial charge in [0, 0.05) is 18.8 Å². The van der Waals surface area contributed by atoms with E-state index >= 15 is 0 Å². The summed E-state index contributed by atoms with van der Waals surface area (Å²) < 4.78 is 24.4. The molecule has 7 nitrogen and oxygen atoms in total. The maximum atomic E-state index is 12.3. The number of carboxylic acids is 1. The summed E-state index contributed by atoms with van der Waals surface area (Å²) >= 11 is 1.50. The topological polar surface area (TPSA) is 104 Å². The van der Waals surface area contributed by atoms with E-state index in [9.17, 15) is 23.1 Å². The molecule has 2 saturated heterocycles. The lowest BCUT2D eigenvalue weighted by molar-refractivity contribution is -0.147. The number of thioether (sulfide) groups is 1. The van der Waals surface area contributed by atoms with Crippen LogP contribution in [0.25, 0.3) is 0 Å². The zero-order valence-electron chi connectivity index (χ0n) is 11.9. The van der Waals surface area contributed by atoms with Crippen LogP contribution >= 0.6 is 11.8 Å². The molecule has 2 atom stereocenters. The average Bonchev–Trinajstić information content (AvgIpc) is 2.88. The van der Waals surface area contributed by atoms with Crippen molar-refractivity contribution >= 4 is 33.7 Å². The minimum absolute atomic E-state index is 0.132. The van der Waals surface area contributed by atoms with Crippen molar-refractivity contribution in [2.45, 2.75) is 24.8 Å². The maximum Gasteiger partial charge on any atom is 0.330 e. The number of sulfonamides is 1. The summed E-state index contributed by atoms with van der Waals surface area (Å²) in [6, 6.07) is 0. The number of nitrogens with zero attached hydrogens (tertiary/aromatic N) is 1. The van der Waals surface area contributed by atoms with E-state index in [-0.39, 0.29) is 12.5 Å². The molecular formula is C12H20N2O5S2. The number of hydrogen-bond acceptors (Lipinski definition) is 5. The first-order valence-corrected chi connectivity index (χ1v) is 9.83. The minimum Gasteiger partial charge on any atom is -0.479 e. The molecule has 2 fully saturated rings. The molecule has 0 aliphatic carbocycles. The van der Waals surface area contributed by atoms with Crippen LogP contribution in [0.4, 0.5) is 0 Å². The fourth-order valence-electron chi connectivity index (χ4n) is 2.68. The first-order valence-electron chi connectivity index (χ1n) is 6.83. The maximum absolute atomic E-state index is 12.3. The van der Waals surface area contributed by atoms with E-state index in [2.05, 4.69) is 5.32 Å². The predicted octanol–water partition coefficient (Wildman–Crippen LogP) is -0.265. The lowest BCUT2D eigenvalue weighted by Gasteiger charge is -2.33. The van der Waals surface area contributed by atoms with Crippen molar-refractivity contribution in [1.29, 1.82) is 0 Å². The lowest BCUT2D eigenvalue weighted by Crippen LogP contribution is -2.57. The number of piperidine rings is 1. The van der Waals surface area contributed by atoms with Gasteiger partial charge in [-0.1, -0.05) is 0 Å². The van der Waals surface area contributed by atoms with Gasteiger partial charge in [0.1, 0.15) is 5.54 Å². The van der Waals surface area contributed by atoms with Crippen molar-refractivity contribution in [3.8, 4) is 0 Å². The van der Waals surface area contributed by atoms with Gasteiger partial charge >= 0.3 is 5.97 Å². The van der Waals surface area contributed by atoms with E-state index in [0.717, 1.165) is 6.26 Å². The second-order valence-corrected chi connectivity index (χ2v) is 8.73. The highest BCUT2D eigenvalue weighted by atomic mass is 32.2. The molecule has 2 aliphatic heterocycles. The molecule has 0 aromatic rings. The van der Waals surface area contributed by atoms with Crippen LogP contribution in [0.3, 0.4) is 0 Å². The first-order chi connectivity index (χ1) is 9.74. The van der Waals surface area contributed by atoms with E-state index in [1.54, 1.807) is 0 Å². The Labute approximate surface area is 128 Å². The standard InChI is InChI=1S/C12H20N2O5S2/c1-21(18,19)14-5-2-3-9(7-14)10(15)13-12(11(16)17)4-6-20-8-12/h9H,2-8H2,1H3,(H,13,15)(H,16,17). The third kappa shape index (κ3) is 3.70. The lowest BCUT2D eigenvalue weighted by atomic mass is 9.94. The molecule has 2 aliphatic rings. The van der Waals surface area contributed by atoms with E-state index in [1.807, 2.05) is 0 Å². The second-order valence-electron chi connectivity index (χ2n) is 5.64. The van der Waals surface area contributed by atoms with Crippen LogP contribution in [0.15, 0.2) is 0 Å². The number of aliphatic carboxylic acids is 1. The Morgan fingerprint density at radius 2 is 2.14 bits per heavy atom. The molecule has 0 aromatic heterocycles. The molecule has 2 heterocycles. The number of carboxylic acid groups (broad SMARTS) is 1. The van der Waals surface area contributed by atoms with Crippen LogP contribution in [0.1, 0.15) is 19.3 Å². The molecule has 9 heteroatoms. The molecular weight excluding hydrogens is 316 g/mol. The van der Waals surface area contributed by atoms with Crippen LogP contribution in [0.2, 0.25) is 0 Å². The van der Waals surface area contributed by atoms with Crippen LogP contribution in [-0.2, 0) is 19.6 Å². The van der Waals surface area contributed by atoms with Gasteiger partial charge in [-0.25, -0.2) is 17.5 Å². The van der Waals surface area contributed by atoms with Gasteiger partial charge in [0.15, 0.2) is 0 Å². The Morgan fingerprint density at radius 3 is 2.67 bits per heavy atom. The number of carbonyl (C=O) groups excluding carboxylic acids is 1. The second kappa shape index (κ2) is 6.13. The highest BCUT2D eigenvalue weighted by Crippen LogP contribution is 2.29. The number of nitrogens with one attached hydrogen (secondary N) is 1. The van der Waals surface area contributed by atoms with Gasteiger partial charge < -0.3 is 10.4 Å². The number of hydrogen-bond donors (Lipinski definition) is 2. The molecule has 2 rings (SSSR count). The van der Waals surface area contributed by atoms with Gasteiger partial charge in [0.05, 0.1) is 12.2 Å². The number of rotatable bonds is 4. The molecule has 0 saturated carbocycles. The van der Waals surface area contributed by atoms with E-state index < -0.39 is 27.4 Å². The van der Waals surface area contributed by atoms with Crippen LogP contribution in [-0.4, -0.2) is 66.1 Å². The van der Waals surface area contributed by atoms with Gasteiger partial charge in [-0.15, -0.1) is 0 Å². The van der Waals surface area contributed by atoms with Crippen molar-refractivity contribution in [3.05, 3.63) is 0 Å². The third-order valence-corrected chi connectivity index (χ3v) is 6.48. The first kappa shape index (κ1) is 16.6. The molecule has 0 bridgehead atoms. The van der Waals surface area contributed by atoms with Gasteiger partial charge in [0.2, 0.25) is 15.9 Å². The fourth-order valence-corrected chi connectivity index (χ4v) is 4.92. The van der Waals surface area contributed by atoms with Gasteiger partial charge in [-0.05, 0) is 25.0 Å². The normalized spacial score (nSPS) is 31.0. The molecule has 1 amide bonds. The van der Waals surface area contributed by atoms with E-state index in [4.69, 9.17) is 0 Å². The number of amides is 1. The Balaban J connectivity index is 2.04. The summed E-state index contributed by atoms with van der Waals surface area (Å²) in [6.45, 7) is 0.552. The summed E-state index contributed by atoms with van der Waals surface area (Å²) in [5.41, 5.74) is -1.20.